The van der Waals surface area contributed by atoms with Gasteiger partial charge in [-0.05, 0) is 30.9 Å². The Bertz CT molecular complexity index is 446. The van der Waals surface area contributed by atoms with Crippen LogP contribution in [0.2, 0.25) is 0 Å². The van der Waals surface area contributed by atoms with Crippen LogP contribution in [-0.4, -0.2) is 24.1 Å². The summed E-state index contributed by atoms with van der Waals surface area (Å²) in [7, 11) is 0. The van der Waals surface area contributed by atoms with Gasteiger partial charge in [-0.3, -0.25) is 9.59 Å². The highest BCUT2D eigenvalue weighted by Gasteiger charge is 2.16. The van der Waals surface area contributed by atoms with Crippen molar-refractivity contribution in [1.29, 1.82) is 0 Å². The second-order valence-corrected chi connectivity index (χ2v) is 5.70. The molecule has 0 fully saturated rings. The van der Waals surface area contributed by atoms with Gasteiger partial charge in [-0.2, -0.15) is 0 Å². The van der Waals surface area contributed by atoms with Crippen LogP contribution >= 0.6 is 27.7 Å². The lowest BCUT2D eigenvalue weighted by Crippen LogP contribution is -2.12. The number of esters is 1. The summed E-state index contributed by atoms with van der Waals surface area (Å²) in [5.74, 6) is 0.200. The smallest absolute Gasteiger partial charge is 0.313 e. The van der Waals surface area contributed by atoms with Crippen molar-refractivity contribution in [2.45, 2.75) is 25.2 Å². The maximum Gasteiger partial charge on any atom is 0.313 e. The van der Waals surface area contributed by atoms with E-state index in [0.29, 0.717) is 12.2 Å². The Morgan fingerprint density at radius 3 is 2.67 bits per heavy atom. The number of carbonyl (C=O) groups excluding carboxylic acids is 2. The minimum Gasteiger partial charge on any atom is -0.466 e. The first kappa shape index (κ1) is 15.2. The van der Waals surface area contributed by atoms with Crippen LogP contribution in [0.1, 0.15) is 30.6 Å². The molecule has 5 heteroatoms. The molecule has 0 radical (unpaired) electrons. The maximum atomic E-state index is 12.0. The number of halogens is 1. The zero-order chi connectivity index (χ0) is 13.5. The standard InChI is InChI=1S/C13H15BrO3S/c1-3-17-13(16)8-11(15)10-6-5-9(14)7-12(10)18-4-2/h5-7H,3-4,8H2,1-2H3. The van der Waals surface area contributed by atoms with Gasteiger partial charge >= 0.3 is 5.97 Å². The lowest BCUT2D eigenvalue weighted by molar-refractivity contribution is -0.141. The number of ether oxygens (including phenoxy) is 1. The Hall–Kier alpha value is -0.810. The highest BCUT2D eigenvalue weighted by atomic mass is 79.9. The Labute approximate surface area is 119 Å². The predicted octanol–water partition coefficient (Wildman–Crippen LogP) is 3.70. The van der Waals surface area contributed by atoms with E-state index in [-0.39, 0.29) is 12.2 Å². The summed E-state index contributed by atoms with van der Waals surface area (Å²) in [5.41, 5.74) is 0.582. The van der Waals surface area contributed by atoms with Crippen molar-refractivity contribution in [2.24, 2.45) is 0 Å². The van der Waals surface area contributed by atoms with Gasteiger partial charge in [0.25, 0.3) is 0 Å². The summed E-state index contributed by atoms with van der Waals surface area (Å²) in [6.07, 6.45) is -0.202. The van der Waals surface area contributed by atoms with E-state index in [0.717, 1.165) is 15.1 Å². The average Bonchev–Trinajstić information content (AvgIpc) is 2.29. The first-order chi connectivity index (χ1) is 8.58. The van der Waals surface area contributed by atoms with Crippen molar-refractivity contribution in [2.75, 3.05) is 12.4 Å². The molecule has 18 heavy (non-hydrogen) atoms. The Morgan fingerprint density at radius 1 is 1.33 bits per heavy atom. The third-order valence-corrected chi connectivity index (χ3v) is 3.58. The van der Waals surface area contributed by atoms with Gasteiger partial charge in [0.2, 0.25) is 0 Å². The molecule has 0 amide bonds. The quantitative estimate of drug-likeness (QED) is 0.345. The molecule has 0 spiro atoms. The molecule has 1 aromatic carbocycles. The van der Waals surface area contributed by atoms with Crippen molar-refractivity contribution >= 4 is 39.4 Å². The van der Waals surface area contributed by atoms with Crippen LogP contribution in [0.15, 0.2) is 27.6 Å². The number of ketones is 1. The number of hydrogen-bond acceptors (Lipinski definition) is 4. The lowest BCUT2D eigenvalue weighted by atomic mass is 10.1. The van der Waals surface area contributed by atoms with Gasteiger partial charge in [0, 0.05) is 14.9 Å². The molecule has 0 aliphatic rings. The number of carbonyl (C=O) groups is 2. The third-order valence-electron chi connectivity index (χ3n) is 2.15. The van der Waals surface area contributed by atoms with E-state index < -0.39 is 5.97 Å². The van der Waals surface area contributed by atoms with Gasteiger partial charge in [0.15, 0.2) is 5.78 Å². The second kappa shape index (κ2) is 7.59. The Kier molecular flexibility index (Phi) is 6.43. The summed E-state index contributed by atoms with van der Waals surface area (Å²) < 4.78 is 5.70. The molecule has 0 saturated heterocycles. The van der Waals surface area contributed by atoms with Crippen LogP contribution in [-0.2, 0) is 9.53 Å². The fraction of sp³-hybridized carbons (Fsp3) is 0.385. The molecular weight excluding hydrogens is 316 g/mol. The molecule has 0 saturated carbocycles. The molecule has 0 heterocycles. The summed E-state index contributed by atoms with van der Waals surface area (Å²) >= 11 is 4.96. The van der Waals surface area contributed by atoms with E-state index in [1.165, 1.54) is 0 Å². The van der Waals surface area contributed by atoms with E-state index in [1.54, 1.807) is 30.8 Å². The molecular formula is C13H15BrO3S. The van der Waals surface area contributed by atoms with E-state index >= 15 is 0 Å². The van der Waals surface area contributed by atoms with E-state index in [2.05, 4.69) is 15.9 Å². The zero-order valence-corrected chi connectivity index (χ0v) is 12.8. The average molecular weight is 331 g/mol. The minimum atomic E-state index is -0.474. The fourth-order valence-corrected chi connectivity index (χ4v) is 2.81. The van der Waals surface area contributed by atoms with Crippen molar-refractivity contribution in [3.8, 4) is 0 Å². The Morgan fingerprint density at radius 2 is 2.06 bits per heavy atom. The van der Waals surface area contributed by atoms with Crippen molar-refractivity contribution in [3.05, 3.63) is 28.2 Å². The molecule has 1 rings (SSSR count). The predicted molar refractivity (Wildman–Crippen MR) is 76.1 cm³/mol. The van der Waals surface area contributed by atoms with Crippen LogP contribution in [0.4, 0.5) is 0 Å². The zero-order valence-electron chi connectivity index (χ0n) is 10.4. The Balaban J connectivity index is 2.87. The molecule has 0 N–H and O–H groups in total. The van der Waals surface area contributed by atoms with Crippen LogP contribution in [0.25, 0.3) is 0 Å². The van der Waals surface area contributed by atoms with Crippen molar-refractivity contribution in [1.82, 2.24) is 0 Å². The second-order valence-electron chi connectivity index (χ2n) is 3.48. The third kappa shape index (κ3) is 4.46. The topological polar surface area (TPSA) is 43.4 Å². The van der Waals surface area contributed by atoms with E-state index in [4.69, 9.17) is 4.74 Å². The molecule has 1 aromatic rings. The molecule has 0 unspecified atom stereocenters. The molecule has 0 aliphatic carbocycles. The highest BCUT2D eigenvalue weighted by molar-refractivity contribution is 9.10. The van der Waals surface area contributed by atoms with Gasteiger partial charge in [-0.25, -0.2) is 0 Å². The number of rotatable bonds is 6. The molecule has 3 nitrogen and oxygen atoms in total. The number of Topliss-reactive ketones (excluding diaryl/α,β-unsaturated/α-hetero) is 1. The van der Waals surface area contributed by atoms with Gasteiger partial charge in [-0.15, -0.1) is 11.8 Å². The van der Waals surface area contributed by atoms with Gasteiger partial charge < -0.3 is 4.74 Å². The highest BCUT2D eigenvalue weighted by Crippen LogP contribution is 2.27. The van der Waals surface area contributed by atoms with E-state index in [1.807, 2.05) is 13.0 Å². The molecule has 0 bridgehead atoms. The number of hydrogen-bond donors (Lipinski definition) is 0. The maximum absolute atomic E-state index is 12.0. The van der Waals surface area contributed by atoms with Gasteiger partial charge in [0.05, 0.1) is 6.61 Å². The van der Waals surface area contributed by atoms with Crippen molar-refractivity contribution in [3.63, 3.8) is 0 Å². The molecule has 98 valence electrons. The van der Waals surface area contributed by atoms with E-state index in [9.17, 15) is 9.59 Å². The number of thioether (sulfide) groups is 1. The van der Waals surface area contributed by atoms with Crippen LogP contribution in [0.3, 0.4) is 0 Å². The summed E-state index contributed by atoms with van der Waals surface area (Å²) in [6, 6.07) is 5.44. The summed E-state index contributed by atoms with van der Waals surface area (Å²) in [6.45, 7) is 4.04. The fourth-order valence-electron chi connectivity index (χ4n) is 1.44. The molecule has 0 aromatic heterocycles. The van der Waals surface area contributed by atoms with Crippen LogP contribution in [0.5, 0.6) is 0 Å². The monoisotopic (exact) mass is 330 g/mol. The van der Waals surface area contributed by atoms with Gasteiger partial charge in [0.1, 0.15) is 6.42 Å². The van der Waals surface area contributed by atoms with Crippen LogP contribution in [0, 0.1) is 0 Å². The normalized spacial score (nSPS) is 10.2. The van der Waals surface area contributed by atoms with Gasteiger partial charge in [-0.1, -0.05) is 22.9 Å². The molecule has 0 atom stereocenters. The summed E-state index contributed by atoms with van der Waals surface area (Å²) in [5, 5.41) is 0. The number of benzene rings is 1. The largest absolute Gasteiger partial charge is 0.466 e. The first-order valence-electron chi connectivity index (χ1n) is 5.69. The minimum absolute atomic E-state index is 0.197. The summed E-state index contributed by atoms with van der Waals surface area (Å²) in [4.78, 5) is 24.2. The van der Waals surface area contributed by atoms with Crippen LogP contribution < -0.4 is 0 Å². The lowest BCUT2D eigenvalue weighted by Gasteiger charge is -2.08. The first-order valence-corrected chi connectivity index (χ1v) is 7.47. The SMILES string of the molecule is CCOC(=O)CC(=O)c1ccc(Br)cc1SCC. The molecule has 0 aliphatic heterocycles. The van der Waals surface area contributed by atoms with Crippen molar-refractivity contribution < 1.29 is 14.3 Å².